The molecule has 0 saturated carbocycles. The third-order valence-electron chi connectivity index (χ3n) is 5.03. The first-order chi connectivity index (χ1) is 15.0. The molecule has 0 fully saturated rings. The van der Waals surface area contributed by atoms with Crippen molar-refractivity contribution in [1.29, 1.82) is 0 Å². The molecule has 1 aromatic heterocycles. The van der Waals surface area contributed by atoms with E-state index in [0.717, 1.165) is 25.9 Å². The fourth-order valence-electron chi connectivity index (χ4n) is 3.00. The number of aryl methyl sites for hydroxylation is 1. The Morgan fingerprint density at radius 3 is 2.41 bits per heavy atom. The zero-order valence-corrected chi connectivity index (χ0v) is 20.4. The third kappa shape index (κ3) is 11.8. The largest absolute Gasteiger partial charge is 0.379 e. The Balaban J connectivity index is 2.14. The number of hydrogen-bond donors (Lipinski definition) is 5. The van der Waals surface area contributed by atoms with Crippen LogP contribution in [0.2, 0.25) is 0 Å². The molecular formula is C22H41N6O4+. The zero-order chi connectivity index (χ0) is 24.1. The molecule has 182 valence electrons. The van der Waals surface area contributed by atoms with Crippen molar-refractivity contribution in [1.82, 2.24) is 20.6 Å². The van der Waals surface area contributed by atoms with Gasteiger partial charge in [-0.2, -0.15) is 0 Å². The minimum atomic E-state index is -0.444. The number of nitrogens with zero attached hydrogens (tertiary/aromatic N) is 1. The molecule has 0 radical (unpaired) electrons. The van der Waals surface area contributed by atoms with Gasteiger partial charge in [0.15, 0.2) is 0 Å². The van der Waals surface area contributed by atoms with Crippen LogP contribution in [0.3, 0.4) is 0 Å². The summed E-state index contributed by atoms with van der Waals surface area (Å²) in [4.78, 5) is 43.5. The lowest BCUT2D eigenvalue weighted by atomic mass is 9.88. The van der Waals surface area contributed by atoms with Crippen molar-refractivity contribution in [2.24, 2.45) is 5.41 Å². The standard InChI is InChI=1S/C22H40N6O4/c1-16(2)32-14-9-22(4,5)19(30)23-10-7-12-28(6)13-8-11-24-21(31)27-20-25-17(3)15-18(29)26-20/h15-16H,7-14H2,1-6H3,(H,23,30)(H3,24,25,26,27,29,31)/p+1. The Hall–Kier alpha value is -2.46. The van der Waals surface area contributed by atoms with Gasteiger partial charge in [-0.15, -0.1) is 0 Å². The van der Waals surface area contributed by atoms with Crippen LogP contribution in [0, 0.1) is 12.3 Å². The zero-order valence-electron chi connectivity index (χ0n) is 20.4. The number of hydrogen-bond acceptors (Lipinski definition) is 5. The molecule has 32 heavy (non-hydrogen) atoms. The number of anilines is 1. The van der Waals surface area contributed by atoms with Crippen LogP contribution in [0.1, 0.15) is 52.7 Å². The van der Waals surface area contributed by atoms with Crippen molar-refractivity contribution in [3.05, 3.63) is 22.1 Å². The average Bonchev–Trinajstić information content (AvgIpc) is 2.67. The summed E-state index contributed by atoms with van der Waals surface area (Å²) in [6.07, 6.45) is 2.56. The van der Waals surface area contributed by atoms with E-state index in [4.69, 9.17) is 4.74 Å². The van der Waals surface area contributed by atoms with Crippen molar-refractivity contribution in [3.8, 4) is 0 Å². The van der Waals surface area contributed by atoms with E-state index in [1.807, 2.05) is 27.7 Å². The lowest BCUT2D eigenvalue weighted by molar-refractivity contribution is -0.879. The molecule has 3 amide bonds. The molecule has 0 bridgehead atoms. The summed E-state index contributed by atoms with van der Waals surface area (Å²) < 4.78 is 5.55. The number of ether oxygens (including phenoxy) is 1. The van der Waals surface area contributed by atoms with Crippen LogP contribution in [0.15, 0.2) is 10.9 Å². The van der Waals surface area contributed by atoms with Gasteiger partial charge in [0.05, 0.1) is 26.2 Å². The van der Waals surface area contributed by atoms with Crippen molar-refractivity contribution in [3.63, 3.8) is 0 Å². The van der Waals surface area contributed by atoms with Gasteiger partial charge in [0.25, 0.3) is 5.56 Å². The van der Waals surface area contributed by atoms with E-state index in [1.165, 1.54) is 11.0 Å². The van der Waals surface area contributed by atoms with Crippen molar-refractivity contribution in [2.75, 3.05) is 45.2 Å². The molecular weight excluding hydrogens is 412 g/mol. The fraction of sp³-hybridized carbons (Fsp3) is 0.727. The summed E-state index contributed by atoms with van der Waals surface area (Å²) in [5, 5.41) is 8.30. The van der Waals surface area contributed by atoms with Gasteiger partial charge >= 0.3 is 6.03 Å². The topological polar surface area (TPSA) is 130 Å². The van der Waals surface area contributed by atoms with E-state index < -0.39 is 11.4 Å². The van der Waals surface area contributed by atoms with Gasteiger partial charge in [-0.25, -0.2) is 9.78 Å². The predicted octanol–water partition coefficient (Wildman–Crippen LogP) is 0.452. The summed E-state index contributed by atoms with van der Waals surface area (Å²) in [6, 6.07) is 0.956. The molecule has 0 saturated heterocycles. The summed E-state index contributed by atoms with van der Waals surface area (Å²) in [6.45, 7) is 13.1. The molecule has 10 heteroatoms. The first kappa shape index (κ1) is 27.6. The number of nitrogens with one attached hydrogen (secondary N) is 5. The molecule has 1 atom stereocenters. The second kappa shape index (κ2) is 13.8. The van der Waals surface area contributed by atoms with Crippen molar-refractivity contribution >= 4 is 17.9 Å². The van der Waals surface area contributed by atoms with E-state index in [0.29, 0.717) is 31.8 Å². The quantitative estimate of drug-likeness (QED) is 0.261. The minimum Gasteiger partial charge on any atom is -0.379 e. The average molecular weight is 454 g/mol. The van der Waals surface area contributed by atoms with E-state index in [1.54, 1.807) is 6.92 Å². The molecule has 1 rings (SSSR count). The highest BCUT2D eigenvalue weighted by Crippen LogP contribution is 2.20. The number of aromatic amines is 1. The molecule has 1 unspecified atom stereocenters. The van der Waals surface area contributed by atoms with Crippen LogP contribution in [0.4, 0.5) is 10.7 Å². The Morgan fingerprint density at radius 2 is 1.81 bits per heavy atom. The summed E-state index contributed by atoms with van der Waals surface area (Å²) in [5.41, 5.74) is -0.215. The van der Waals surface area contributed by atoms with Gasteiger partial charge in [0, 0.05) is 49.7 Å². The lowest BCUT2D eigenvalue weighted by Gasteiger charge is -2.24. The van der Waals surface area contributed by atoms with Gasteiger partial charge < -0.3 is 20.3 Å². The second-order valence-corrected chi connectivity index (χ2v) is 9.09. The molecule has 0 aliphatic heterocycles. The number of rotatable bonds is 14. The number of carbonyl (C=O) groups excluding carboxylic acids is 2. The van der Waals surface area contributed by atoms with Crippen LogP contribution in [-0.2, 0) is 9.53 Å². The number of carbonyl (C=O) groups is 2. The molecule has 0 aromatic carbocycles. The highest BCUT2D eigenvalue weighted by Gasteiger charge is 2.27. The van der Waals surface area contributed by atoms with Gasteiger partial charge in [0.2, 0.25) is 11.9 Å². The Bertz CT molecular complexity index is 778. The summed E-state index contributed by atoms with van der Waals surface area (Å²) in [7, 11) is 2.09. The molecule has 10 nitrogen and oxygen atoms in total. The summed E-state index contributed by atoms with van der Waals surface area (Å²) in [5.74, 6) is 0.190. The van der Waals surface area contributed by atoms with Gasteiger partial charge in [-0.3, -0.25) is 19.9 Å². The second-order valence-electron chi connectivity index (χ2n) is 9.09. The van der Waals surface area contributed by atoms with Gasteiger partial charge in [-0.1, -0.05) is 13.8 Å². The number of quaternary nitrogens is 1. The van der Waals surface area contributed by atoms with Crippen LogP contribution in [-0.4, -0.2) is 67.8 Å². The maximum Gasteiger partial charge on any atom is 0.321 e. The van der Waals surface area contributed by atoms with Gasteiger partial charge in [-0.05, 0) is 27.2 Å². The third-order valence-corrected chi connectivity index (χ3v) is 5.03. The number of amides is 3. The molecule has 0 aliphatic rings. The lowest BCUT2D eigenvalue weighted by Crippen LogP contribution is -3.09. The molecule has 0 aliphatic carbocycles. The van der Waals surface area contributed by atoms with Crippen LogP contribution < -0.4 is 26.4 Å². The first-order valence-electron chi connectivity index (χ1n) is 11.3. The first-order valence-corrected chi connectivity index (χ1v) is 11.3. The number of urea groups is 1. The Morgan fingerprint density at radius 1 is 1.19 bits per heavy atom. The molecule has 1 heterocycles. The SMILES string of the molecule is Cc1cc(=O)[nH]c(NC(=O)NCCC[NH+](C)CCCNC(=O)C(C)(C)CCOC(C)C)n1. The maximum atomic E-state index is 12.4. The Kier molecular flexibility index (Phi) is 11.9. The van der Waals surface area contributed by atoms with Crippen molar-refractivity contribution < 1.29 is 19.2 Å². The number of H-pyrrole nitrogens is 1. The van der Waals surface area contributed by atoms with E-state index in [-0.39, 0.29) is 23.5 Å². The van der Waals surface area contributed by atoms with Crippen LogP contribution in [0.25, 0.3) is 0 Å². The minimum absolute atomic E-state index is 0.0576. The normalized spacial score (nSPS) is 12.5. The van der Waals surface area contributed by atoms with Crippen molar-refractivity contribution in [2.45, 2.75) is 60.0 Å². The highest BCUT2D eigenvalue weighted by atomic mass is 16.5. The smallest absolute Gasteiger partial charge is 0.321 e. The monoisotopic (exact) mass is 453 g/mol. The van der Waals surface area contributed by atoms with Crippen LogP contribution >= 0.6 is 0 Å². The molecule has 0 spiro atoms. The maximum absolute atomic E-state index is 12.4. The molecule has 5 N–H and O–H groups in total. The van der Waals surface area contributed by atoms with E-state index >= 15 is 0 Å². The summed E-state index contributed by atoms with van der Waals surface area (Å²) >= 11 is 0. The van der Waals surface area contributed by atoms with Gasteiger partial charge in [0.1, 0.15) is 0 Å². The van der Waals surface area contributed by atoms with E-state index in [9.17, 15) is 14.4 Å². The van der Waals surface area contributed by atoms with E-state index in [2.05, 4.69) is 33.0 Å². The van der Waals surface area contributed by atoms with Crippen LogP contribution in [0.5, 0.6) is 0 Å². The highest BCUT2D eigenvalue weighted by molar-refractivity contribution is 5.87. The Labute approximate surface area is 190 Å². The fourth-order valence-corrected chi connectivity index (χ4v) is 3.00. The molecule has 1 aromatic rings. The predicted molar refractivity (Wildman–Crippen MR) is 125 cm³/mol. The number of aromatic nitrogens is 2.